The number of aromatic amines is 1. The number of hydrogen-bond donors (Lipinski definition) is 3. The molecule has 2 heterocycles. The Balaban J connectivity index is 1.76. The zero-order valence-corrected chi connectivity index (χ0v) is 11.9. The van der Waals surface area contributed by atoms with E-state index >= 15 is 0 Å². The lowest BCUT2D eigenvalue weighted by molar-refractivity contribution is 0.0924. The van der Waals surface area contributed by atoms with Crippen LogP contribution in [0.15, 0.2) is 24.5 Å². The molecule has 110 valence electrons. The minimum absolute atomic E-state index is 0.218. The standard InChI is InChI=1S/C14H17N5O2/c1-9-10(2)18-19-12(9)14(21)17-7-6-16-13(20)11-4-3-5-15-8-11/h3-5,8H,6-7H2,1-2H3,(H,16,20)(H,17,21)(H,18,19). The molecule has 0 aliphatic rings. The number of amides is 2. The summed E-state index contributed by atoms with van der Waals surface area (Å²) in [6, 6.07) is 3.37. The van der Waals surface area contributed by atoms with Gasteiger partial charge in [0.15, 0.2) is 5.69 Å². The maximum absolute atomic E-state index is 11.9. The molecule has 0 saturated heterocycles. The summed E-state index contributed by atoms with van der Waals surface area (Å²) >= 11 is 0. The second kappa shape index (κ2) is 6.65. The molecule has 0 atom stereocenters. The first-order valence-corrected chi connectivity index (χ1v) is 6.57. The largest absolute Gasteiger partial charge is 0.350 e. The van der Waals surface area contributed by atoms with Crippen LogP contribution < -0.4 is 10.6 Å². The first-order chi connectivity index (χ1) is 10.1. The van der Waals surface area contributed by atoms with Gasteiger partial charge in [0.1, 0.15) is 0 Å². The van der Waals surface area contributed by atoms with Crippen molar-refractivity contribution in [2.75, 3.05) is 13.1 Å². The molecule has 2 amide bonds. The number of pyridine rings is 1. The molecule has 7 heteroatoms. The third-order valence-electron chi connectivity index (χ3n) is 3.09. The molecule has 0 unspecified atom stereocenters. The number of H-pyrrole nitrogens is 1. The smallest absolute Gasteiger partial charge is 0.272 e. The molecule has 2 aromatic rings. The second-order valence-electron chi connectivity index (χ2n) is 4.58. The van der Waals surface area contributed by atoms with Crippen molar-refractivity contribution in [1.29, 1.82) is 0 Å². The monoisotopic (exact) mass is 287 g/mol. The number of carbonyl (C=O) groups is 2. The highest BCUT2D eigenvalue weighted by Gasteiger charge is 2.13. The van der Waals surface area contributed by atoms with Crippen LogP contribution in [0, 0.1) is 13.8 Å². The summed E-state index contributed by atoms with van der Waals surface area (Å²) in [6.45, 7) is 4.35. The van der Waals surface area contributed by atoms with E-state index in [1.807, 2.05) is 13.8 Å². The van der Waals surface area contributed by atoms with E-state index in [1.165, 1.54) is 6.20 Å². The first-order valence-electron chi connectivity index (χ1n) is 6.57. The van der Waals surface area contributed by atoms with Gasteiger partial charge in [-0.15, -0.1) is 0 Å². The van der Waals surface area contributed by atoms with E-state index in [-0.39, 0.29) is 11.8 Å². The molecule has 0 spiro atoms. The van der Waals surface area contributed by atoms with E-state index < -0.39 is 0 Å². The van der Waals surface area contributed by atoms with E-state index in [1.54, 1.807) is 18.3 Å². The average molecular weight is 287 g/mol. The van der Waals surface area contributed by atoms with Gasteiger partial charge in [0.05, 0.1) is 5.56 Å². The number of hydrogen-bond acceptors (Lipinski definition) is 4. The number of aromatic nitrogens is 3. The second-order valence-corrected chi connectivity index (χ2v) is 4.58. The summed E-state index contributed by atoms with van der Waals surface area (Å²) < 4.78 is 0. The van der Waals surface area contributed by atoms with E-state index in [0.717, 1.165) is 11.3 Å². The van der Waals surface area contributed by atoms with Gasteiger partial charge in [-0.3, -0.25) is 19.7 Å². The van der Waals surface area contributed by atoms with Crippen molar-refractivity contribution in [3.05, 3.63) is 47.0 Å². The highest BCUT2D eigenvalue weighted by atomic mass is 16.2. The molecule has 0 fully saturated rings. The average Bonchev–Trinajstić information content (AvgIpc) is 2.84. The van der Waals surface area contributed by atoms with Gasteiger partial charge in [-0.25, -0.2) is 0 Å². The number of carbonyl (C=O) groups excluding carboxylic acids is 2. The Morgan fingerprint density at radius 3 is 2.48 bits per heavy atom. The fourth-order valence-electron chi connectivity index (χ4n) is 1.74. The third kappa shape index (κ3) is 3.65. The van der Waals surface area contributed by atoms with Crippen LogP contribution in [0.1, 0.15) is 32.1 Å². The van der Waals surface area contributed by atoms with Gasteiger partial charge in [0.25, 0.3) is 11.8 Å². The van der Waals surface area contributed by atoms with E-state index in [0.29, 0.717) is 24.3 Å². The molecule has 7 nitrogen and oxygen atoms in total. The van der Waals surface area contributed by atoms with Crippen molar-refractivity contribution in [3.8, 4) is 0 Å². The first kappa shape index (κ1) is 14.7. The number of nitrogens with zero attached hydrogens (tertiary/aromatic N) is 2. The van der Waals surface area contributed by atoms with Crippen molar-refractivity contribution in [1.82, 2.24) is 25.8 Å². The van der Waals surface area contributed by atoms with E-state index in [2.05, 4.69) is 25.8 Å². The van der Waals surface area contributed by atoms with Crippen LogP contribution >= 0.6 is 0 Å². The predicted octanol–water partition coefficient (Wildman–Crippen LogP) is 0.581. The van der Waals surface area contributed by atoms with Crippen LogP contribution in [0.2, 0.25) is 0 Å². The lowest BCUT2D eigenvalue weighted by Gasteiger charge is -2.06. The zero-order chi connectivity index (χ0) is 15.2. The van der Waals surface area contributed by atoms with Crippen molar-refractivity contribution in [2.45, 2.75) is 13.8 Å². The summed E-state index contributed by atoms with van der Waals surface area (Å²) in [7, 11) is 0. The fraction of sp³-hybridized carbons (Fsp3) is 0.286. The lowest BCUT2D eigenvalue weighted by Crippen LogP contribution is -2.35. The zero-order valence-electron chi connectivity index (χ0n) is 11.9. The number of aryl methyl sites for hydroxylation is 1. The molecule has 2 aromatic heterocycles. The van der Waals surface area contributed by atoms with Gasteiger partial charge in [-0.1, -0.05) is 0 Å². The maximum atomic E-state index is 11.9. The van der Waals surface area contributed by atoms with Crippen LogP contribution in [0.25, 0.3) is 0 Å². The SMILES string of the molecule is Cc1[nH]nc(C(=O)NCCNC(=O)c2cccnc2)c1C. The molecule has 0 radical (unpaired) electrons. The van der Waals surface area contributed by atoms with Crippen LogP contribution in [0.5, 0.6) is 0 Å². The summed E-state index contributed by atoms with van der Waals surface area (Å²) in [5.41, 5.74) is 2.56. The van der Waals surface area contributed by atoms with Crippen molar-refractivity contribution >= 4 is 11.8 Å². The van der Waals surface area contributed by atoms with Crippen molar-refractivity contribution < 1.29 is 9.59 Å². The summed E-state index contributed by atoms with van der Waals surface area (Å²) in [4.78, 5) is 27.5. The Morgan fingerprint density at radius 2 is 1.90 bits per heavy atom. The van der Waals surface area contributed by atoms with Crippen LogP contribution in [-0.2, 0) is 0 Å². The maximum Gasteiger partial charge on any atom is 0.272 e. The Kier molecular flexibility index (Phi) is 4.65. The molecule has 2 rings (SSSR count). The van der Waals surface area contributed by atoms with Gasteiger partial charge < -0.3 is 10.6 Å². The minimum atomic E-state index is -0.257. The predicted molar refractivity (Wildman–Crippen MR) is 77.0 cm³/mol. The number of nitrogens with one attached hydrogen (secondary N) is 3. The van der Waals surface area contributed by atoms with Crippen molar-refractivity contribution in [3.63, 3.8) is 0 Å². The van der Waals surface area contributed by atoms with Gasteiger partial charge >= 0.3 is 0 Å². The molecule has 21 heavy (non-hydrogen) atoms. The molecule has 0 aromatic carbocycles. The molecule has 0 bridgehead atoms. The Hall–Kier alpha value is -2.70. The molecule has 0 aliphatic carbocycles. The van der Waals surface area contributed by atoms with Crippen LogP contribution in [0.4, 0.5) is 0 Å². The lowest BCUT2D eigenvalue weighted by atomic mass is 10.2. The molecule has 0 saturated carbocycles. The topological polar surface area (TPSA) is 99.8 Å². The Labute approximate surface area is 122 Å². The summed E-state index contributed by atoms with van der Waals surface area (Å²) in [5, 5.41) is 12.1. The molecular formula is C14H17N5O2. The summed E-state index contributed by atoms with van der Waals surface area (Å²) in [6.07, 6.45) is 3.09. The quantitative estimate of drug-likeness (QED) is 0.700. The Bertz CT molecular complexity index is 636. The highest BCUT2D eigenvalue weighted by Crippen LogP contribution is 2.07. The Morgan fingerprint density at radius 1 is 1.19 bits per heavy atom. The fourth-order valence-corrected chi connectivity index (χ4v) is 1.74. The van der Waals surface area contributed by atoms with E-state index in [9.17, 15) is 9.59 Å². The molecule has 3 N–H and O–H groups in total. The molecular weight excluding hydrogens is 270 g/mol. The number of rotatable bonds is 5. The van der Waals surface area contributed by atoms with E-state index in [4.69, 9.17) is 0 Å². The highest BCUT2D eigenvalue weighted by molar-refractivity contribution is 5.94. The van der Waals surface area contributed by atoms with Gasteiger partial charge in [-0.05, 0) is 26.0 Å². The normalized spacial score (nSPS) is 10.2. The minimum Gasteiger partial charge on any atom is -0.350 e. The van der Waals surface area contributed by atoms with Crippen molar-refractivity contribution in [2.24, 2.45) is 0 Å². The third-order valence-corrected chi connectivity index (χ3v) is 3.09. The van der Waals surface area contributed by atoms with Gasteiger partial charge in [-0.2, -0.15) is 5.10 Å². The van der Waals surface area contributed by atoms with Gasteiger partial charge in [0, 0.05) is 36.7 Å². The van der Waals surface area contributed by atoms with Gasteiger partial charge in [0.2, 0.25) is 0 Å². The summed E-state index contributed by atoms with van der Waals surface area (Å²) in [5.74, 6) is -0.475. The van der Waals surface area contributed by atoms with Crippen LogP contribution in [-0.4, -0.2) is 40.1 Å². The molecule has 0 aliphatic heterocycles. The van der Waals surface area contributed by atoms with Crippen LogP contribution in [0.3, 0.4) is 0 Å².